The summed E-state index contributed by atoms with van der Waals surface area (Å²) < 4.78 is 5.74. The third-order valence-electron chi connectivity index (χ3n) is 4.56. The molecule has 1 aliphatic heterocycles. The zero-order valence-corrected chi connectivity index (χ0v) is 16.4. The van der Waals surface area contributed by atoms with Gasteiger partial charge in [-0.1, -0.05) is 23.5 Å². The van der Waals surface area contributed by atoms with E-state index in [0.29, 0.717) is 31.2 Å². The highest BCUT2D eigenvalue weighted by Crippen LogP contribution is 2.21. The van der Waals surface area contributed by atoms with Crippen LogP contribution >= 0.6 is 11.3 Å². The van der Waals surface area contributed by atoms with Gasteiger partial charge >= 0.3 is 0 Å². The molecular weight excluding hydrogens is 364 g/mol. The van der Waals surface area contributed by atoms with E-state index in [-0.39, 0.29) is 18.4 Å². The fourth-order valence-electron chi connectivity index (χ4n) is 3.19. The molecule has 2 aromatic rings. The van der Waals surface area contributed by atoms with Gasteiger partial charge in [0.1, 0.15) is 10.8 Å². The smallest absolute Gasteiger partial charge is 0.230 e. The molecule has 7 nitrogen and oxygen atoms in total. The summed E-state index contributed by atoms with van der Waals surface area (Å²) in [6.45, 7) is 4.91. The molecule has 3 rings (SSSR count). The highest BCUT2D eigenvalue weighted by atomic mass is 32.1. The highest BCUT2D eigenvalue weighted by Gasteiger charge is 2.26. The molecule has 1 unspecified atom stereocenters. The lowest BCUT2D eigenvalue weighted by molar-refractivity contribution is -0.121. The fraction of sp³-hybridized carbons (Fsp3) is 0.526. The topological polar surface area (TPSA) is 87.6 Å². The minimum atomic E-state index is -0.0673. The van der Waals surface area contributed by atoms with Crippen LogP contribution in [0.2, 0.25) is 0 Å². The van der Waals surface area contributed by atoms with Crippen molar-refractivity contribution in [1.82, 2.24) is 15.1 Å². The van der Waals surface area contributed by atoms with Crippen molar-refractivity contribution in [3.8, 4) is 5.75 Å². The van der Waals surface area contributed by atoms with Crippen molar-refractivity contribution < 1.29 is 14.6 Å². The van der Waals surface area contributed by atoms with Crippen LogP contribution in [0.15, 0.2) is 24.3 Å². The summed E-state index contributed by atoms with van der Waals surface area (Å²) in [6.07, 6.45) is 2.48. The van der Waals surface area contributed by atoms with Crippen molar-refractivity contribution in [1.29, 1.82) is 0 Å². The van der Waals surface area contributed by atoms with E-state index in [1.807, 2.05) is 31.2 Å². The number of carbonyl (C=O) groups excluding carboxylic acids is 1. The van der Waals surface area contributed by atoms with Crippen LogP contribution in [0.1, 0.15) is 23.4 Å². The van der Waals surface area contributed by atoms with Gasteiger partial charge in [-0.15, -0.1) is 10.2 Å². The molecule has 2 N–H and O–H groups in total. The summed E-state index contributed by atoms with van der Waals surface area (Å²) >= 11 is 1.39. The molecular formula is C19H26N4O3S. The molecule has 1 saturated heterocycles. The van der Waals surface area contributed by atoms with Gasteiger partial charge < -0.3 is 20.1 Å². The van der Waals surface area contributed by atoms with Crippen LogP contribution in [0.25, 0.3) is 0 Å². The number of ether oxygens (including phenoxy) is 1. The van der Waals surface area contributed by atoms with Crippen LogP contribution in [0.3, 0.4) is 0 Å². The van der Waals surface area contributed by atoms with Crippen LogP contribution in [0, 0.1) is 12.8 Å². The molecule has 1 aliphatic rings. The fourth-order valence-corrected chi connectivity index (χ4v) is 3.91. The predicted octanol–water partition coefficient (Wildman–Crippen LogP) is 2.11. The van der Waals surface area contributed by atoms with Crippen molar-refractivity contribution in [2.45, 2.75) is 26.2 Å². The Morgan fingerprint density at radius 1 is 1.44 bits per heavy atom. The SMILES string of the molecule is Cc1cccc(OCCc2nnc(NC(=O)C3CCCN(CCO)C3)s2)c1. The van der Waals surface area contributed by atoms with Gasteiger partial charge in [-0.05, 0) is 44.0 Å². The predicted molar refractivity (Wildman–Crippen MR) is 105 cm³/mol. The molecule has 0 radical (unpaired) electrons. The Hall–Kier alpha value is -2.03. The molecule has 0 saturated carbocycles. The Morgan fingerprint density at radius 3 is 3.15 bits per heavy atom. The maximum atomic E-state index is 12.5. The van der Waals surface area contributed by atoms with E-state index in [9.17, 15) is 4.79 Å². The second-order valence-corrected chi connectivity index (χ2v) is 7.83. The Labute approximate surface area is 163 Å². The maximum Gasteiger partial charge on any atom is 0.230 e. The van der Waals surface area contributed by atoms with Crippen LogP contribution in [-0.4, -0.2) is 59.0 Å². The van der Waals surface area contributed by atoms with Crippen molar-refractivity contribution in [2.24, 2.45) is 5.92 Å². The number of aromatic nitrogens is 2. The number of benzene rings is 1. The number of hydrogen-bond donors (Lipinski definition) is 2. The lowest BCUT2D eigenvalue weighted by atomic mass is 9.97. The van der Waals surface area contributed by atoms with Gasteiger partial charge in [-0.2, -0.15) is 0 Å². The van der Waals surface area contributed by atoms with Crippen LogP contribution in [-0.2, 0) is 11.2 Å². The van der Waals surface area contributed by atoms with Gasteiger partial charge in [0.15, 0.2) is 0 Å². The number of likely N-dealkylation sites (tertiary alicyclic amines) is 1. The Bertz CT molecular complexity index is 750. The summed E-state index contributed by atoms with van der Waals surface area (Å²) in [5.74, 6) is 0.761. The molecule has 1 fully saturated rings. The number of nitrogens with one attached hydrogen (secondary N) is 1. The quantitative estimate of drug-likeness (QED) is 0.718. The molecule has 1 aromatic heterocycles. The average Bonchev–Trinajstić information content (AvgIpc) is 3.09. The number of rotatable bonds is 8. The minimum absolute atomic E-state index is 0.0173. The number of aryl methyl sites for hydroxylation is 1. The largest absolute Gasteiger partial charge is 0.493 e. The third kappa shape index (κ3) is 5.98. The van der Waals surface area contributed by atoms with E-state index in [2.05, 4.69) is 20.4 Å². The van der Waals surface area contributed by atoms with Crippen molar-refractivity contribution in [3.05, 3.63) is 34.8 Å². The first-order chi connectivity index (χ1) is 13.1. The first-order valence-corrected chi connectivity index (χ1v) is 10.1. The lowest BCUT2D eigenvalue weighted by Gasteiger charge is -2.31. The monoisotopic (exact) mass is 390 g/mol. The van der Waals surface area contributed by atoms with Crippen LogP contribution < -0.4 is 10.1 Å². The summed E-state index contributed by atoms with van der Waals surface area (Å²) in [5.41, 5.74) is 1.16. The molecule has 1 amide bonds. The van der Waals surface area contributed by atoms with Gasteiger partial charge in [-0.3, -0.25) is 4.79 Å². The van der Waals surface area contributed by atoms with Crippen LogP contribution in [0.5, 0.6) is 5.75 Å². The minimum Gasteiger partial charge on any atom is -0.493 e. The molecule has 1 aromatic carbocycles. The van der Waals surface area contributed by atoms with Gasteiger partial charge in [0.2, 0.25) is 11.0 Å². The van der Waals surface area contributed by atoms with Crippen molar-refractivity contribution >= 4 is 22.4 Å². The number of β-amino-alcohol motifs (C(OH)–C–C–N with tert-alkyl or cyclic N) is 1. The van der Waals surface area contributed by atoms with Gasteiger partial charge in [0.25, 0.3) is 0 Å². The molecule has 0 bridgehead atoms. The standard InChI is InChI=1S/C19H26N4O3S/c1-14-4-2-6-16(12-14)26-11-7-17-21-22-19(27-17)20-18(25)15-5-3-8-23(13-15)9-10-24/h2,4,6,12,15,24H,3,5,7-11,13H2,1H3,(H,20,22,25). The van der Waals surface area contributed by atoms with E-state index < -0.39 is 0 Å². The molecule has 1 atom stereocenters. The molecule has 27 heavy (non-hydrogen) atoms. The molecule has 146 valence electrons. The lowest BCUT2D eigenvalue weighted by Crippen LogP contribution is -2.41. The summed E-state index contributed by atoms with van der Waals surface area (Å²) in [6, 6.07) is 7.93. The second kappa shape index (κ2) is 9.77. The van der Waals surface area contributed by atoms with E-state index in [0.717, 1.165) is 35.7 Å². The number of piperidine rings is 1. The first-order valence-electron chi connectivity index (χ1n) is 9.30. The average molecular weight is 391 g/mol. The zero-order chi connectivity index (χ0) is 19.1. The van der Waals surface area contributed by atoms with Gasteiger partial charge in [0.05, 0.1) is 19.1 Å². The number of carbonyl (C=O) groups is 1. The number of nitrogens with zero attached hydrogens (tertiary/aromatic N) is 3. The Kier molecular flexibility index (Phi) is 7.14. The van der Waals surface area contributed by atoms with Gasteiger partial charge in [0, 0.05) is 19.5 Å². The second-order valence-electron chi connectivity index (χ2n) is 6.77. The number of hydrogen-bond acceptors (Lipinski definition) is 7. The highest BCUT2D eigenvalue weighted by molar-refractivity contribution is 7.15. The van der Waals surface area contributed by atoms with E-state index in [1.54, 1.807) is 0 Å². The van der Waals surface area contributed by atoms with Crippen molar-refractivity contribution in [2.75, 3.05) is 38.2 Å². The Morgan fingerprint density at radius 2 is 2.33 bits per heavy atom. The number of anilines is 1. The number of amides is 1. The normalized spacial score (nSPS) is 17.6. The zero-order valence-electron chi connectivity index (χ0n) is 15.6. The van der Waals surface area contributed by atoms with E-state index in [4.69, 9.17) is 9.84 Å². The maximum absolute atomic E-state index is 12.5. The molecule has 0 aliphatic carbocycles. The first kappa shape index (κ1) is 19.7. The van der Waals surface area contributed by atoms with Crippen molar-refractivity contribution in [3.63, 3.8) is 0 Å². The molecule has 8 heteroatoms. The van der Waals surface area contributed by atoms with Gasteiger partial charge in [-0.25, -0.2) is 0 Å². The number of aliphatic hydroxyl groups is 1. The van der Waals surface area contributed by atoms with Crippen LogP contribution in [0.4, 0.5) is 5.13 Å². The Balaban J connectivity index is 1.45. The third-order valence-corrected chi connectivity index (χ3v) is 5.46. The summed E-state index contributed by atoms with van der Waals surface area (Å²) in [4.78, 5) is 14.6. The summed E-state index contributed by atoms with van der Waals surface area (Å²) in [5, 5.41) is 21.5. The molecule has 0 spiro atoms. The van der Waals surface area contributed by atoms with E-state index >= 15 is 0 Å². The molecule has 2 heterocycles. The number of aliphatic hydroxyl groups excluding tert-OH is 1. The van der Waals surface area contributed by atoms with E-state index in [1.165, 1.54) is 11.3 Å². The summed E-state index contributed by atoms with van der Waals surface area (Å²) in [7, 11) is 0.